The van der Waals surface area contributed by atoms with E-state index in [0.717, 1.165) is 0 Å². The van der Waals surface area contributed by atoms with Crippen molar-refractivity contribution in [2.75, 3.05) is 13.2 Å². The molecule has 0 rings (SSSR count). The normalized spacial score (nSPS) is 13.4. The van der Waals surface area contributed by atoms with Crippen LogP contribution in [-0.2, 0) is 13.6 Å². The van der Waals surface area contributed by atoms with Crippen molar-refractivity contribution in [3.8, 4) is 0 Å². The average Bonchev–Trinajstić information content (AvgIpc) is 2.14. The van der Waals surface area contributed by atoms with Crippen LogP contribution in [0.4, 0.5) is 0 Å². The summed E-state index contributed by atoms with van der Waals surface area (Å²) in [6.45, 7) is 4.39. The van der Waals surface area contributed by atoms with Crippen LogP contribution in [0.25, 0.3) is 0 Å². The molecule has 0 heterocycles. The lowest BCUT2D eigenvalue weighted by atomic mass is 10.2. The molecule has 1 atom stereocenters. The van der Waals surface area contributed by atoms with Gasteiger partial charge in [-0.3, -0.25) is 0 Å². The van der Waals surface area contributed by atoms with Crippen molar-refractivity contribution in [2.24, 2.45) is 16.8 Å². The Kier molecular flexibility index (Phi) is 7.28. The quantitative estimate of drug-likeness (QED) is 0.224. The molecule has 0 fully saturated rings. The highest BCUT2D eigenvalue weighted by atomic mass is 31.1. The predicted octanol–water partition coefficient (Wildman–Crippen LogP) is 1.47. The maximum atomic E-state index is 11.0. The minimum absolute atomic E-state index is 0.0391. The molecule has 0 saturated carbocycles. The Morgan fingerprint density at radius 3 is 2.71 bits per heavy atom. The van der Waals surface area contributed by atoms with Crippen molar-refractivity contribution in [1.29, 1.82) is 0 Å². The van der Waals surface area contributed by atoms with Crippen molar-refractivity contribution in [3.63, 3.8) is 0 Å². The van der Waals surface area contributed by atoms with E-state index in [4.69, 9.17) is 20.0 Å². The number of oxime groups is 1. The summed E-state index contributed by atoms with van der Waals surface area (Å²) in [5.41, 5.74) is 5.17. The first-order valence-electron chi connectivity index (χ1n) is 4.25. The fourth-order valence-electron chi connectivity index (χ4n) is 0.522. The largest absolute Gasteiger partial charge is 0.697 e. The zero-order valence-corrected chi connectivity index (χ0v) is 9.24. The fourth-order valence-corrected chi connectivity index (χ4v) is 1.26. The van der Waals surface area contributed by atoms with Crippen molar-refractivity contribution < 1.29 is 18.8 Å². The SMILES string of the molecule is CC(C)CO[P+](=O)OCCC(N)=NO. The van der Waals surface area contributed by atoms with Crippen LogP contribution in [0.3, 0.4) is 0 Å². The van der Waals surface area contributed by atoms with Crippen LogP contribution in [-0.4, -0.2) is 24.3 Å². The Morgan fingerprint density at radius 1 is 1.57 bits per heavy atom. The van der Waals surface area contributed by atoms with Gasteiger partial charge in [-0.25, -0.2) is 0 Å². The van der Waals surface area contributed by atoms with E-state index in [0.29, 0.717) is 12.5 Å². The van der Waals surface area contributed by atoms with E-state index in [9.17, 15) is 4.57 Å². The van der Waals surface area contributed by atoms with Gasteiger partial charge in [0.15, 0.2) is 0 Å². The molecule has 0 saturated heterocycles. The Labute approximate surface area is 84.0 Å². The minimum atomic E-state index is -2.09. The molecule has 0 aromatic heterocycles. The van der Waals surface area contributed by atoms with Crippen LogP contribution in [0.1, 0.15) is 20.3 Å². The Hall–Kier alpha value is -0.710. The van der Waals surface area contributed by atoms with Crippen molar-refractivity contribution in [1.82, 2.24) is 0 Å². The zero-order chi connectivity index (χ0) is 11.0. The van der Waals surface area contributed by atoms with E-state index in [1.165, 1.54) is 0 Å². The number of hydrogen-bond acceptors (Lipinski definition) is 5. The van der Waals surface area contributed by atoms with Gasteiger partial charge >= 0.3 is 8.25 Å². The van der Waals surface area contributed by atoms with Crippen LogP contribution in [0.15, 0.2) is 5.16 Å². The van der Waals surface area contributed by atoms with Gasteiger partial charge in [0.05, 0.1) is 0 Å². The second-order valence-corrected chi connectivity index (χ2v) is 4.05. The predicted molar refractivity (Wildman–Crippen MR) is 52.4 cm³/mol. The van der Waals surface area contributed by atoms with Gasteiger partial charge in [-0.1, -0.05) is 19.0 Å². The molecule has 82 valence electrons. The molecular formula is C7H16N2O4P+. The third kappa shape index (κ3) is 7.91. The summed E-state index contributed by atoms with van der Waals surface area (Å²) in [4.78, 5) is 0. The second kappa shape index (κ2) is 7.67. The maximum Gasteiger partial charge on any atom is 0.697 e. The summed E-state index contributed by atoms with van der Waals surface area (Å²) in [6, 6.07) is 0. The van der Waals surface area contributed by atoms with E-state index in [1.54, 1.807) is 0 Å². The topological polar surface area (TPSA) is 94.1 Å². The highest BCUT2D eigenvalue weighted by Crippen LogP contribution is 2.24. The lowest BCUT2D eigenvalue weighted by Crippen LogP contribution is -2.13. The second-order valence-electron chi connectivity index (χ2n) is 3.09. The summed E-state index contributed by atoms with van der Waals surface area (Å²) in [7, 11) is -2.09. The first-order valence-corrected chi connectivity index (χ1v) is 5.35. The molecule has 3 N–H and O–H groups in total. The summed E-state index contributed by atoms with van der Waals surface area (Å²) >= 11 is 0. The van der Waals surface area contributed by atoms with Crippen molar-refractivity contribution in [3.05, 3.63) is 0 Å². The first-order chi connectivity index (χ1) is 6.56. The maximum absolute atomic E-state index is 11.0. The fraction of sp³-hybridized carbons (Fsp3) is 0.857. The summed E-state index contributed by atoms with van der Waals surface area (Å²) in [5, 5.41) is 10.9. The van der Waals surface area contributed by atoms with Gasteiger partial charge < -0.3 is 10.9 Å². The third-order valence-corrected chi connectivity index (χ3v) is 1.95. The zero-order valence-electron chi connectivity index (χ0n) is 8.34. The first kappa shape index (κ1) is 13.3. The molecule has 1 unspecified atom stereocenters. The Balaban J connectivity index is 3.45. The number of nitrogens with two attached hydrogens (primary N) is 1. The lowest BCUT2D eigenvalue weighted by molar-refractivity contribution is 0.209. The minimum Gasteiger partial charge on any atom is -0.409 e. The lowest BCUT2D eigenvalue weighted by Gasteiger charge is -1.95. The highest BCUT2D eigenvalue weighted by Gasteiger charge is 2.20. The van der Waals surface area contributed by atoms with Crippen molar-refractivity contribution >= 4 is 14.1 Å². The molecule has 0 aromatic rings. The standard InChI is InChI=1S/C7H15N2O4P/c1-6(2)5-13-14(11)12-4-3-7(8)9-10/h6H,3-5H2,1-2H3,(H2-,8,9,10)/p+1. The molecule has 7 heteroatoms. The van der Waals surface area contributed by atoms with Gasteiger partial charge in [-0.15, -0.1) is 9.05 Å². The molecule has 0 bridgehead atoms. The van der Waals surface area contributed by atoms with E-state index in [1.807, 2.05) is 13.8 Å². The molecular weight excluding hydrogens is 207 g/mol. The van der Waals surface area contributed by atoms with Gasteiger partial charge in [0.2, 0.25) is 0 Å². The summed E-state index contributed by atoms with van der Waals surface area (Å²) in [5.74, 6) is 0.346. The van der Waals surface area contributed by atoms with Crippen LogP contribution >= 0.6 is 8.25 Å². The van der Waals surface area contributed by atoms with E-state index >= 15 is 0 Å². The van der Waals surface area contributed by atoms with Crippen LogP contribution in [0, 0.1) is 5.92 Å². The van der Waals surface area contributed by atoms with Gasteiger partial charge in [0.1, 0.15) is 19.0 Å². The van der Waals surface area contributed by atoms with Crippen molar-refractivity contribution in [2.45, 2.75) is 20.3 Å². The molecule has 0 aliphatic rings. The molecule has 0 radical (unpaired) electrons. The van der Waals surface area contributed by atoms with Gasteiger partial charge in [0.25, 0.3) is 0 Å². The van der Waals surface area contributed by atoms with Crippen LogP contribution in [0.5, 0.6) is 0 Å². The monoisotopic (exact) mass is 223 g/mol. The van der Waals surface area contributed by atoms with Crippen LogP contribution in [0.2, 0.25) is 0 Å². The van der Waals surface area contributed by atoms with Crippen LogP contribution < -0.4 is 5.73 Å². The molecule has 6 nitrogen and oxygen atoms in total. The van der Waals surface area contributed by atoms with E-state index < -0.39 is 8.25 Å². The Morgan fingerprint density at radius 2 is 2.21 bits per heavy atom. The van der Waals surface area contributed by atoms with Gasteiger partial charge in [0, 0.05) is 11.0 Å². The Bertz CT molecular complexity index is 208. The van der Waals surface area contributed by atoms with Gasteiger partial charge in [-0.05, 0) is 5.92 Å². The number of nitrogens with zero attached hydrogens (tertiary/aromatic N) is 1. The average molecular weight is 223 g/mol. The smallest absolute Gasteiger partial charge is 0.409 e. The van der Waals surface area contributed by atoms with E-state index in [-0.39, 0.29) is 18.9 Å². The molecule has 0 aliphatic carbocycles. The molecule has 0 aromatic carbocycles. The van der Waals surface area contributed by atoms with Gasteiger partial charge in [-0.2, -0.15) is 0 Å². The van der Waals surface area contributed by atoms with E-state index in [2.05, 4.69) is 5.16 Å². The third-order valence-electron chi connectivity index (χ3n) is 1.20. The summed E-state index contributed by atoms with van der Waals surface area (Å²) < 4.78 is 20.6. The molecule has 0 amide bonds. The molecule has 14 heavy (non-hydrogen) atoms. The summed E-state index contributed by atoms with van der Waals surface area (Å²) in [6.07, 6.45) is 0.225. The highest BCUT2D eigenvalue weighted by molar-refractivity contribution is 7.33. The number of rotatable bonds is 7. The number of amidine groups is 1. The molecule has 0 spiro atoms. The number of hydrogen-bond donors (Lipinski definition) is 2. The molecule has 0 aliphatic heterocycles.